The lowest BCUT2D eigenvalue weighted by Gasteiger charge is -2.14. The Morgan fingerprint density at radius 1 is 1.34 bits per heavy atom. The van der Waals surface area contributed by atoms with Crippen LogP contribution in [0.1, 0.15) is 6.92 Å². The molecule has 2 heterocycles. The van der Waals surface area contributed by atoms with Crippen LogP contribution in [0.15, 0.2) is 40.5 Å². The number of imidazole rings is 1. The van der Waals surface area contributed by atoms with E-state index >= 15 is 0 Å². The van der Waals surface area contributed by atoms with E-state index in [2.05, 4.69) is 15.0 Å². The van der Waals surface area contributed by atoms with Gasteiger partial charge >= 0.3 is 6.18 Å². The van der Waals surface area contributed by atoms with Gasteiger partial charge in [0, 0.05) is 4.90 Å². The molecular formula is C17H19F3N5O2PS. The van der Waals surface area contributed by atoms with E-state index in [1.54, 1.807) is 36.0 Å². The van der Waals surface area contributed by atoms with Crippen LogP contribution in [0.5, 0.6) is 5.75 Å². The summed E-state index contributed by atoms with van der Waals surface area (Å²) in [7, 11) is -0.337. The third kappa shape index (κ3) is 6.19. The normalized spacial score (nSPS) is 13.5. The second-order valence-corrected chi connectivity index (χ2v) is 8.42. The van der Waals surface area contributed by atoms with E-state index in [4.69, 9.17) is 10.5 Å². The summed E-state index contributed by atoms with van der Waals surface area (Å²) in [5, 5.41) is 10.2. The Morgan fingerprint density at radius 2 is 2.14 bits per heavy atom. The summed E-state index contributed by atoms with van der Waals surface area (Å²) >= 11 is 1.29. The fourth-order valence-electron chi connectivity index (χ4n) is 2.52. The lowest BCUT2D eigenvalue weighted by atomic mass is 10.3. The van der Waals surface area contributed by atoms with E-state index in [1.807, 2.05) is 6.07 Å². The minimum absolute atomic E-state index is 0.0447. The first kappa shape index (κ1) is 21.6. The van der Waals surface area contributed by atoms with E-state index < -0.39 is 12.3 Å². The van der Waals surface area contributed by atoms with Gasteiger partial charge < -0.3 is 20.1 Å². The minimum Gasteiger partial charge on any atom is -0.508 e. The van der Waals surface area contributed by atoms with Crippen molar-refractivity contribution in [1.82, 2.24) is 19.5 Å². The van der Waals surface area contributed by atoms with Crippen LogP contribution in [0.3, 0.4) is 0 Å². The molecular weight excluding hydrogens is 426 g/mol. The molecule has 0 saturated carbocycles. The molecule has 0 amide bonds. The van der Waals surface area contributed by atoms with Crippen LogP contribution < -0.4 is 5.73 Å². The summed E-state index contributed by atoms with van der Waals surface area (Å²) in [4.78, 5) is 13.6. The zero-order valence-corrected chi connectivity index (χ0v) is 17.2. The highest BCUT2D eigenvalue weighted by Crippen LogP contribution is 2.33. The predicted octanol–water partition coefficient (Wildman–Crippen LogP) is 3.87. The van der Waals surface area contributed by atoms with Crippen LogP contribution in [-0.2, 0) is 11.3 Å². The minimum atomic E-state index is -4.16. The van der Waals surface area contributed by atoms with Gasteiger partial charge in [0.25, 0.3) is 0 Å². The van der Waals surface area contributed by atoms with Gasteiger partial charge in [0.2, 0.25) is 5.95 Å². The Bertz CT molecular complexity index is 985. The van der Waals surface area contributed by atoms with Gasteiger partial charge in [-0.3, -0.25) is 0 Å². The number of phenols is 1. The number of alkyl halides is 3. The van der Waals surface area contributed by atoms with Crippen LogP contribution in [0.2, 0.25) is 0 Å². The quantitative estimate of drug-likeness (QED) is 0.309. The highest BCUT2D eigenvalue weighted by Gasteiger charge is 2.26. The summed E-state index contributed by atoms with van der Waals surface area (Å²) in [6, 6.07) is 6.71. The van der Waals surface area contributed by atoms with Crippen molar-refractivity contribution in [2.45, 2.75) is 35.7 Å². The summed E-state index contributed by atoms with van der Waals surface area (Å²) in [6.45, 7) is 2.14. The third-order valence-electron chi connectivity index (χ3n) is 3.73. The van der Waals surface area contributed by atoms with Crippen molar-refractivity contribution in [3.8, 4) is 5.75 Å². The molecule has 12 heteroatoms. The van der Waals surface area contributed by atoms with Crippen LogP contribution >= 0.6 is 20.3 Å². The van der Waals surface area contributed by atoms with Crippen molar-refractivity contribution in [2.24, 2.45) is 0 Å². The molecule has 3 rings (SSSR count). The second kappa shape index (κ2) is 9.15. The van der Waals surface area contributed by atoms with Crippen molar-refractivity contribution in [3.05, 3.63) is 30.6 Å². The SMILES string of the molecule is CC(Cn1cnc2c(Sc3cccc(O)c3)nc(N)nc21)OCPCC(F)(F)F. The maximum absolute atomic E-state index is 12.2. The number of anilines is 1. The average molecular weight is 445 g/mol. The Hall–Kier alpha value is -2.10. The molecule has 0 radical (unpaired) electrons. The van der Waals surface area contributed by atoms with Crippen molar-refractivity contribution in [1.29, 1.82) is 0 Å². The Kier molecular flexibility index (Phi) is 6.81. The smallest absolute Gasteiger partial charge is 0.392 e. The molecule has 0 spiro atoms. The molecule has 2 unspecified atom stereocenters. The number of nitrogens with zero attached hydrogens (tertiary/aromatic N) is 4. The maximum atomic E-state index is 12.2. The number of ether oxygens (including phenoxy) is 1. The van der Waals surface area contributed by atoms with E-state index in [0.29, 0.717) is 22.7 Å². The van der Waals surface area contributed by atoms with E-state index in [9.17, 15) is 18.3 Å². The van der Waals surface area contributed by atoms with Gasteiger partial charge in [0.1, 0.15) is 16.3 Å². The first-order valence-corrected chi connectivity index (χ1v) is 10.8. The van der Waals surface area contributed by atoms with Gasteiger partial charge in [0.15, 0.2) is 5.65 Å². The Balaban J connectivity index is 1.71. The highest BCUT2D eigenvalue weighted by molar-refractivity contribution is 7.99. The number of fused-ring (bicyclic) bond motifs is 1. The molecule has 0 fully saturated rings. The second-order valence-electron chi connectivity index (χ2n) is 6.22. The lowest BCUT2D eigenvalue weighted by molar-refractivity contribution is -0.106. The molecule has 156 valence electrons. The first-order valence-electron chi connectivity index (χ1n) is 8.55. The molecule has 3 N–H and O–H groups in total. The summed E-state index contributed by atoms with van der Waals surface area (Å²) in [6.07, 6.45) is -3.71. The Morgan fingerprint density at radius 3 is 2.86 bits per heavy atom. The van der Waals surface area contributed by atoms with Crippen LogP contribution in [0.4, 0.5) is 19.1 Å². The average Bonchev–Trinajstić information content (AvgIpc) is 3.01. The number of nitrogens with two attached hydrogens (primary N) is 1. The van der Waals surface area contributed by atoms with Gasteiger partial charge in [-0.2, -0.15) is 18.2 Å². The molecule has 7 nitrogen and oxygen atoms in total. The molecule has 2 atom stereocenters. The lowest BCUT2D eigenvalue weighted by Crippen LogP contribution is -2.17. The van der Waals surface area contributed by atoms with Gasteiger partial charge in [0.05, 0.1) is 31.5 Å². The number of hydrogen-bond donors (Lipinski definition) is 2. The molecule has 0 aliphatic carbocycles. The molecule has 0 aliphatic rings. The zero-order chi connectivity index (χ0) is 21.0. The molecule has 29 heavy (non-hydrogen) atoms. The fourth-order valence-corrected chi connectivity index (χ4v) is 4.24. The molecule has 1 aromatic carbocycles. The molecule has 0 saturated heterocycles. The number of hydrogen-bond acceptors (Lipinski definition) is 7. The van der Waals surface area contributed by atoms with Gasteiger partial charge in [-0.25, -0.2) is 9.97 Å². The van der Waals surface area contributed by atoms with Crippen LogP contribution in [-0.4, -0.2) is 49.4 Å². The molecule has 2 aromatic heterocycles. The summed E-state index contributed by atoms with van der Waals surface area (Å²) < 4.78 is 43.9. The molecule has 3 aromatic rings. The van der Waals surface area contributed by atoms with E-state index in [0.717, 1.165) is 4.90 Å². The first-order chi connectivity index (χ1) is 13.7. The monoisotopic (exact) mass is 445 g/mol. The number of rotatable bonds is 8. The van der Waals surface area contributed by atoms with E-state index in [-0.39, 0.29) is 32.7 Å². The fraction of sp³-hybridized carbons (Fsp3) is 0.353. The number of nitrogen functional groups attached to an aromatic ring is 1. The maximum Gasteiger partial charge on any atom is 0.392 e. The number of aromatic nitrogens is 4. The van der Waals surface area contributed by atoms with Crippen molar-refractivity contribution in [3.63, 3.8) is 0 Å². The van der Waals surface area contributed by atoms with E-state index in [1.165, 1.54) is 11.8 Å². The predicted molar refractivity (Wildman–Crippen MR) is 107 cm³/mol. The number of phenolic OH excluding ortho intramolecular Hbond substituents is 1. The zero-order valence-electron chi connectivity index (χ0n) is 15.3. The summed E-state index contributed by atoms with van der Waals surface area (Å²) in [5.41, 5.74) is 6.89. The largest absolute Gasteiger partial charge is 0.508 e. The number of benzene rings is 1. The molecule has 0 bridgehead atoms. The molecule has 0 aliphatic heterocycles. The van der Waals surface area contributed by atoms with Crippen LogP contribution in [0.25, 0.3) is 11.2 Å². The number of aromatic hydroxyl groups is 1. The number of halogens is 3. The van der Waals surface area contributed by atoms with Crippen LogP contribution in [0, 0.1) is 0 Å². The standard InChI is InChI=1S/C17H19F3N5O2PS/c1-10(27-9-28-7-17(18,19)20)6-25-8-22-13-14(25)23-16(21)24-15(13)29-12-4-2-3-11(26)5-12/h2-5,8,10,26,28H,6-7,9H2,1H3,(H2,21,23,24). The van der Waals surface area contributed by atoms with Gasteiger partial charge in [-0.15, -0.1) is 0 Å². The van der Waals surface area contributed by atoms with Gasteiger partial charge in [-0.05, 0) is 25.1 Å². The van der Waals surface area contributed by atoms with Crippen molar-refractivity contribution in [2.75, 3.05) is 18.2 Å². The van der Waals surface area contributed by atoms with Gasteiger partial charge in [-0.1, -0.05) is 26.4 Å². The third-order valence-corrected chi connectivity index (χ3v) is 5.72. The topological polar surface area (TPSA) is 99.1 Å². The highest BCUT2D eigenvalue weighted by atomic mass is 32.2. The summed E-state index contributed by atoms with van der Waals surface area (Å²) in [5.74, 6) is 0.207. The van der Waals surface area contributed by atoms with Crippen molar-refractivity contribution >= 4 is 37.5 Å². The van der Waals surface area contributed by atoms with Crippen molar-refractivity contribution < 1.29 is 23.0 Å². The Labute approximate surface area is 170 Å².